The summed E-state index contributed by atoms with van der Waals surface area (Å²) in [4.78, 5) is 21.3. The number of halogens is 11. The smallest absolute Gasteiger partial charge is 0.454 e. The minimum Gasteiger partial charge on any atom is -0.454 e. The minimum absolute atomic E-state index is 0.426. The van der Waals surface area contributed by atoms with Crippen LogP contribution in [0.25, 0.3) is 11.0 Å². The van der Waals surface area contributed by atoms with Gasteiger partial charge in [-0.2, -0.15) is 48.3 Å². The highest BCUT2D eigenvalue weighted by Gasteiger charge is 2.87. The lowest BCUT2D eigenvalue weighted by molar-refractivity contribution is -0.426. The van der Waals surface area contributed by atoms with Crippen molar-refractivity contribution in [1.29, 1.82) is 0 Å². The van der Waals surface area contributed by atoms with Gasteiger partial charge in [0, 0.05) is 18.2 Å². The number of alkyl halides is 11. The number of nitro benzene ring substituents is 1. The second-order valence-corrected chi connectivity index (χ2v) is 5.71. The standard InChI is InChI=1S/C14H4F11NO4/c15-10(16,11(17,18)12(19,20)13(21,22)14(23,24)25)9-4-7(27)6-3-5(26(28)29)1-2-8(6)30-9/h1-4H. The molecule has 0 bridgehead atoms. The molecule has 0 unspecified atom stereocenters. The van der Waals surface area contributed by atoms with E-state index in [-0.39, 0.29) is 0 Å². The number of hydrogen-bond acceptors (Lipinski definition) is 4. The van der Waals surface area contributed by atoms with Crippen molar-refractivity contribution in [3.63, 3.8) is 0 Å². The summed E-state index contributed by atoms with van der Waals surface area (Å²) in [6.07, 6.45) is -7.33. The molecule has 0 aliphatic heterocycles. The molecule has 5 nitrogen and oxygen atoms in total. The first-order valence-corrected chi connectivity index (χ1v) is 7.10. The summed E-state index contributed by atoms with van der Waals surface area (Å²) in [7, 11) is 0. The zero-order valence-electron chi connectivity index (χ0n) is 13.5. The number of hydrogen-bond donors (Lipinski definition) is 0. The van der Waals surface area contributed by atoms with Gasteiger partial charge in [0.15, 0.2) is 11.2 Å². The molecule has 16 heteroatoms. The van der Waals surface area contributed by atoms with Crippen LogP contribution in [-0.4, -0.2) is 28.9 Å². The molecule has 1 heterocycles. The van der Waals surface area contributed by atoms with Gasteiger partial charge in [0.1, 0.15) is 5.58 Å². The summed E-state index contributed by atoms with van der Waals surface area (Å²) in [6, 6.07) is 0.808. The molecule has 0 atom stereocenters. The highest BCUT2D eigenvalue weighted by atomic mass is 19.4. The Morgan fingerprint density at radius 1 is 0.800 bits per heavy atom. The molecular weight excluding hydrogens is 455 g/mol. The largest absolute Gasteiger partial charge is 0.460 e. The number of rotatable bonds is 5. The van der Waals surface area contributed by atoms with E-state index in [1.807, 2.05) is 0 Å². The van der Waals surface area contributed by atoms with Crippen LogP contribution in [0.5, 0.6) is 0 Å². The van der Waals surface area contributed by atoms with Crippen LogP contribution < -0.4 is 5.43 Å². The van der Waals surface area contributed by atoms with E-state index in [0.717, 1.165) is 0 Å². The maximum Gasteiger partial charge on any atom is 0.460 e. The number of benzene rings is 1. The molecule has 0 saturated carbocycles. The van der Waals surface area contributed by atoms with Gasteiger partial charge in [-0.05, 0) is 6.07 Å². The van der Waals surface area contributed by atoms with Gasteiger partial charge in [-0.25, -0.2) is 0 Å². The van der Waals surface area contributed by atoms with E-state index in [4.69, 9.17) is 0 Å². The monoisotopic (exact) mass is 459 g/mol. The molecule has 30 heavy (non-hydrogen) atoms. The first kappa shape index (κ1) is 23.3. The number of nitrogens with zero attached hydrogens (tertiary/aromatic N) is 1. The van der Waals surface area contributed by atoms with E-state index in [2.05, 4.69) is 4.42 Å². The Hall–Kier alpha value is -2.94. The summed E-state index contributed by atoms with van der Waals surface area (Å²) >= 11 is 0. The molecule has 166 valence electrons. The lowest BCUT2D eigenvalue weighted by Gasteiger charge is -2.36. The van der Waals surface area contributed by atoms with Crippen LogP contribution in [0.3, 0.4) is 0 Å². The third-order valence-corrected chi connectivity index (χ3v) is 3.77. The Labute approximate surface area is 155 Å². The van der Waals surface area contributed by atoms with E-state index >= 15 is 0 Å². The lowest BCUT2D eigenvalue weighted by atomic mass is 9.96. The van der Waals surface area contributed by atoms with Crippen molar-refractivity contribution in [3.8, 4) is 0 Å². The Bertz CT molecular complexity index is 1060. The van der Waals surface area contributed by atoms with Gasteiger partial charge in [0.2, 0.25) is 0 Å². The molecule has 0 aliphatic carbocycles. The van der Waals surface area contributed by atoms with E-state index in [9.17, 15) is 63.2 Å². The molecule has 0 fully saturated rings. The summed E-state index contributed by atoms with van der Waals surface area (Å²) in [5.41, 5.74) is -3.61. The summed E-state index contributed by atoms with van der Waals surface area (Å²) in [5, 5.41) is 9.74. The van der Waals surface area contributed by atoms with Crippen molar-refractivity contribution in [2.45, 2.75) is 29.9 Å². The van der Waals surface area contributed by atoms with E-state index in [1.165, 1.54) is 0 Å². The van der Waals surface area contributed by atoms with Crippen LogP contribution in [0.15, 0.2) is 33.5 Å². The molecule has 0 N–H and O–H groups in total. The second kappa shape index (κ2) is 6.53. The summed E-state index contributed by atoms with van der Waals surface area (Å²) < 4.78 is 148. The van der Waals surface area contributed by atoms with Crippen LogP contribution >= 0.6 is 0 Å². The predicted octanol–water partition coefficient (Wildman–Crippen LogP) is 5.26. The quantitative estimate of drug-likeness (QED) is 0.348. The van der Waals surface area contributed by atoms with Gasteiger partial charge in [0.05, 0.1) is 10.3 Å². The number of nitro groups is 1. The van der Waals surface area contributed by atoms with Crippen molar-refractivity contribution in [1.82, 2.24) is 0 Å². The van der Waals surface area contributed by atoms with Gasteiger partial charge < -0.3 is 4.42 Å². The molecule has 0 spiro atoms. The van der Waals surface area contributed by atoms with Crippen molar-refractivity contribution in [2.75, 3.05) is 0 Å². The third kappa shape index (κ3) is 3.13. The first-order valence-electron chi connectivity index (χ1n) is 7.10. The van der Waals surface area contributed by atoms with Crippen LogP contribution in [0.4, 0.5) is 54.0 Å². The Morgan fingerprint density at radius 2 is 1.33 bits per heavy atom. The summed E-state index contributed by atoms with van der Waals surface area (Å²) in [5.74, 6) is -31.9. The van der Waals surface area contributed by atoms with Gasteiger partial charge in [0.25, 0.3) is 5.69 Å². The van der Waals surface area contributed by atoms with Crippen molar-refractivity contribution < 1.29 is 57.6 Å². The molecular formula is C14H4F11NO4. The topological polar surface area (TPSA) is 73.3 Å². The third-order valence-electron chi connectivity index (χ3n) is 3.77. The molecule has 0 amide bonds. The normalized spacial score (nSPS) is 14.2. The Kier molecular flexibility index (Phi) is 5.08. The zero-order valence-corrected chi connectivity index (χ0v) is 13.5. The van der Waals surface area contributed by atoms with Gasteiger partial charge in [-0.3, -0.25) is 14.9 Å². The van der Waals surface area contributed by atoms with Gasteiger partial charge >= 0.3 is 29.9 Å². The molecule has 0 saturated heterocycles. The maximum atomic E-state index is 14.0. The van der Waals surface area contributed by atoms with Crippen LogP contribution in [0.2, 0.25) is 0 Å². The Morgan fingerprint density at radius 3 is 1.80 bits per heavy atom. The molecule has 0 radical (unpaired) electrons. The lowest BCUT2D eigenvalue weighted by Crippen LogP contribution is -2.65. The number of fused-ring (bicyclic) bond motifs is 1. The van der Waals surface area contributed by atoms with Crippen LogP contribution in [0, 0.1) is 10.1 Å². The average molecular weight is 459 g/mol. The van der Waals surface area contributed by atoms with E-state index < -0.39 is 68.7 Å². The average Bonchev–Trinajstić information content (AvgIpc) is 2.59. The van der Waals surface area contributed by atoms with Crippen molar-refractivity contribution in [3.05, 3.63) is 50.4 Å². The molecule has 2 rings (SSSR count). The van der Waals surface area contributed by atoms with Crippen LogP contribution in [0.1, 0.15) is 5.76 Å². The summed E-state index contributed by atoms with van der Waals surface area (Å²) in [6.45, 7) is 0. The second-order valence-electron chi connectivity index (χ2n) is 5.71. The number of non-ortho nitro benzene ring substituents is 1. The molecule has 1 aromatic carbocycles. The molecule has 1 aromatic heterocycles. The Balaban J connectivity index is 2.70. The fourth-order valence-corrected chi connectivity index (χ4v) is 2.14. The molecule has 0 aliphatic rings. The fourth-order valence-electron chi connectivity index (χ4n) is 2.14. The van der Waals surface area contributed by atoms with Crippen molar-refractivity contribution in [2.24, 2.45) is 0 Å². The highest BCUT2D eigenvalue weighted by molar-refractivity contribution is 5.79. The predicted molar refractivity (Wildman–Crippen MR) is 73.9 cm³/mol. The van der Waals surface area contributed by atoms with Gasteiger partial charge in [-0.1, -0.05) is 0 Å². The first-order chi connectivity index (χ1) is 13.3. The minimum atomic E-state index is -7.68. The SMILES string of the molecule is O=c1cc(C(F)(F)C(F)(F)C(F)(F)C(F)(F)C(F)(F)F)oc2ccc([N+](=O)[O-])cc12. The molecule has 2 aromatic rings. The zero-order chi connectivity index (χ0) is 23.5. The van der Waals surface area contributed by atoms with E-state index in [0.29, 0.717) is 18.2 Å². The van der Waals surface area contributed by atoms with Crippen LogP contribution in [-0.2, 0) is 5.92 Å². The fraction of sp³-hybridized carbons (Fsp3) is 0.357. The van der Waals surface area contributed by atoms with Crippen molar-refractivity contribution >= 4 is 16.7 Å². The van der Waals surface area contributed by atoms with E-state index in [1.54, 1.807) is 0 Å². The highest BCUT2D eigenvalue weighted by Crippen LogP contribution is 2.59. The maximum absolute atomic E-state index is 14.0. The van der Waals surface area contributed by atoms with Gasteiger partial charge in [-0.15, -0.1) is 0 Å².